The molecule has 2 aromatic carbocycles. The Balaban J connectivity index is 2.48. The van der Waals surface area contributed by atoms with Crippen LogP contribution in [0, 0.1) is 6.92 Å². The summed E-state index contributed by atoms with van der Waals surface area (Å²) in [6.07, 6.45) is 0. The summed E-state index contributed by atoms with van der Waals surface area (Å²) < 4.78 is 0. The van der Waals surface area contributed by atoms with E-state index in [4.69, 9.17) is 23.2 Å². The molecule has 0 saturated carbocycles. The van der Waals surface area contributed by atoms with E-state index in [-0.39, 0.29) is 6.04 Å². The average molecular weight is 294 g/mol. The van der Waals surface area contributed by atoms with Crippen LogP contribution < -0.4 is 5.32 Å². The summed E-state index contributed by atoms with van der Waals surface area (Å²) in [5.41, 5.74) is 3.37. The molecule has 0 radical (unpaired) electrons. The highest BCUT2D eigenvalue weighted by Gasteiger charge is 2.16. The van der Waals surface area contributed by atoms with Crippen molar-refractivity contribution in [1.82, 2.24) is 5.32 Å². The zero-order chi connectivity index (χ0) is 13.8. The summed E-state index contributed by atoms with van der Waals surface area (Å²) in [7, 11) is 0. The number of rotatable bonds is 4. The van der Waals surface area contributed by atoms with E-state index >= 15 is 0 Å². The van der Waals surface area contributed by atoms with Crippen LogP contribution in [-0.2, 0) is 0 Å². The lowest BCUT2D eigenvalue weighted by Crippen LogP contribution is -2.22. The van der Waals surface area contributed by atoms with Gasteiger partial charge in [-0.3, -0.25) is 0 Å². The summed E-state index contributed by atoms with van der Waals surface area (Å²) in [5, 5.41) is 4.99. The minimum absolute atomic E-state index is 0.0658. The number of aryl methyl sites for hydroxylation is 1. The molecule has 0 spiro atoms. The standard InChI is InChI=1S/C16H17Cl2N/c1-3-19-16(14-6-4-5-7-15(14)18)12-8-11(2)9-13(17)10-12/h4-10,16,19H,3H2,1-2H3. The Hall–Kier alpha value is -1.02. The van der Waals surface area contributed by atoms with Crippen LogP contribution in [0.25, 0.3) is 0 Å². The molecule has 1 N–H and O–H groups in total. The largest absolute Gasteiger partial charge is 0.306 e. The Labute approximate surface area is 124 Å². The first-order valence-electron chi connectivity index (χ1n) is 6.36. The Morgan fingerprint density at radius 1 is 1.11 bits per heavy atom. The van der Waals surface area contributed by atoms with E-state index in [1.165, 1.54) is 0 Å². The normalized spacial score (nSPS) is 12.4. The first-order valence-corrected chi connectivity index (χ1v) is 7.12. The highest BCUT2D eigenvalue weighted by Crippen LogP contribution is 2.30. The minimum atomic E-state index is 0.0658. The summed E-state index contributed by atoms with van der Waals surface area (Å²) in [4.78, 5) is 0. The summed E-state index contributed by atoms with van der Waals surface area (Å²) in [6.45, 7) is 4.99. The quantitative estimate of drug-likeness (QED) is 0.836. The molecule has 3 heteroatoms. The molecule has 0 aliphatic carbocycles. The highest BCUT2D eigenvalue weighted by molar-refractivity contribution is 6.31. The molecule has 0 aliphatic heterocycles. The van der Waals surface area contributed by atoms with Gasteiger partial charge in [0.2, 0.25) is 0 Å². The van der Waals surface area contributed by atoms with E-state index in [0.29, 0.717) is 0 Å². The van der Waals surface area contributed by atoms with Crippen molar-refractivity contribution in [3.63, 3.8) is 0 Å². The van der Waals surface area contributed by atoms with Gasteiger partial charge >= 0.3 is 0 Å². The molecule has 0 heterocycles. The topological polar surface area (TPSA) is 12.0 Å². The maximum atomic E-state index is 6.31. The van der Waals surface area contributed by atoms with Crippen molar-refractivity contribution in [1.29, 1.82) is 0 Å². The second-order valence-electron chi connectivity index (χ2n) is 4.57. The minimum Gasteiger partial charge on any atom is -0.306 e. The Kier molecular flexibility index (Phi) is 4.87. The molecule has 0 saturated heterocycles. The van der Waals surface area contributed by atoms with Gasteiger partial charge in [-0.2, -0.15) is 0 Å². The summed E-state index contributed by atoms with van der Waals surface area (Å²) >= 11 is 12.5. The van der Waals surface area contributed by atoms with E-state index in [1.807, 2.05) is 43.3 Å². The maximum Gasteiger partial charge on any atom is 0.0592 e. The molecule has 100 valence electrons. The third-order valence-electron chi connectivity index (χ3n) is 3.02. The number of nitrogens with one attached hydrogen (secondary N) is 1. The van der Waals surface area contributed by atoms with Crippen molar-refractivity contribution in [2.24, 2.45) is 0 Å². The molecule has 0 amide bonds. The average Bonchev–Trinajstić information content (AvgIpc) is 2.36. The monoisotopic (exact) mass is 293 g/mol. The van der Waals surface area contributed by atoms with Crippen LogP contribution in [0.5, 0.6) is 0 Å². The molecule has 0 aliphatic rings. The fraction of sp³-hybridized carbons (Fsp3) is 0.250. The van der Waals surface area contributed by atoms with Gasteiger partial charge < -0.3 is 5.32 Å². The van der Waals surface area contributed by atoms with E-state index in [9.17, 15) is 0 Å². The third-order valence-corrected chi connectivity index (χ3v) is 3.58. The first-order chi connectivity index (χ1) is 9.11. The van der Waals surface area contributed by atoms with Gasteiger partial charge in [0.1, 0.15) is 0 Å². The fourth-order valence-corrected chi connectivity index (χ4v) is 2.79. The van der Waals surface area contributed by atoms with Crippen molar-refractivity contribution in [2.75, 3.05) is 6.54 Å². The van der Waals surface area contributed by atoms with Gasteiger partial charge in [0.05, 0.1) is 6.04 Å². The van der Waals surface area contributed by atoms with Crippen LogP contribution in [0.2, 0.25) is 10.0 Å². The predicted octanol–water partition coefficient (Wildman–Crippen LogP) is 5.00. The third kappa shape index (κ3) is 3.50. The zero-order valence-corrected chi connectivity index (χ0v) is 12.6. The maximum absolute atomic E-state index is 6.31. The molecular formula is C16H17Cl2N. The number of hydrogen-bond acceptors (Lipinski definition) is 1. The smallest absolute Gasteiger partial charge is 0.0592 e. The first kappa shape index (κ1) is 14.4. The lowest BCUT2D eigenvalue weighted by Gasteiger charge is -2.21. The highest BCUT2D eigenvalue weighted by atomic mass is 35.5. The van der Waals surface area contributed by atoms with Gasteiger partial charge in [0.15, 0.2) is 0 Å². The van der Waals surface area contributed by atoms with Crippen LogP contribution in [0.3, 0.4) is 0 Å². The lowest BCUT2D eigenvalue weighted by atomic mass is 9.97. The molecule has 0 aromatic heterocycles. The molecule has 1 nitrogen and oxygen atoms in total. The van der Waals surface area contributed by atoms with Gasteiger partial charge in [0.25, 0.3) is 0 Å². The van der Waals surface area contributed by atoms with Gasteiger partial charge in [-0.15, -0.1) is 0 Å². The van der Waals surface area contributed by atoms with Crippen molar-refractivity contribution < 1.29 is 0 Å². The second kappa shape index (κ2) is 6.42. The Morgan fingerprint density at radius 3 is 2.47 bits per heavy atom. The van der Waals surface area contributed by atoms with Crippen LogP contribution >= 0.6 is 23.2 Å². The second-order valence-corrected chi connectivity index (χ2v) is 5.42. The Morgan fingerprint density at radius 2 is 1.84 bits per heavy atom. The van der Waals surface area contributed by atoms with E-state index in [1.54, 1.807) is 0 Å². The van der Waals surface area contributed by atoms with E-state index in [2.05, 4.69) is 18.3 Å². The molecule has 19 heavy (non-hydrogen) atoms. The molecule has 0 bridgehead atoms. The molecule has 1 unspecified atom stereocenters. The van der Waals surface area contributed by atoms with Gasteiger partial charge in [-0.05, 0) is 48.4 Å². The van der Waals surface area contributed by atoms with Gasteiger partial charge in [-0.25, -0.2) is 0 Å². The Bertz CT molecular complexity index is 546. The van der Waals surface area contributed by atoms with Crippen molar-refractivity contribution >= 4 is 23.2 Å². The summed E-state index contributed by atoms with van der Waals surface area (Å²) in [6, 6.07) is 14.1. The van der Waals surface area contributed by atoms with Crippen molar-refractivity contribution in [3.8, 4) is 0 Å². The zero-order valence-electron chi connectivity index (χ0n) is 11.1. The fourth-order valence-electron chi connectivity index (χ4n) is 2.25. The lowest BCUT2D eigenvalue weighted by molar-refractivity contribution is 0.630. The SMILES string of the molecule is CCNC(c1cc(C)cc(Cl)c1)c1ccccc1Cl. The molecule has 1 atom stereocenters. The molecule has 2 rings (SSSR count). The number of halogens is 2. The van der Waals surface area contributed by atoms with Gasteiger partial charge in [-0.1, -0.05) is 54.4 Å². The van der Waals surface area contributed by atoms with Crippen molar-refractivity contribution in [3.05, 3.63) is 69.2 Å². The van der Waals surface area contributed by atoms with Crippen LogP contribution in [0.1, 0.15) is 29.7 Å². The summed E-state index contributed by atoms with van der Waals surface area (Å²) in [5.74, 6) is 0. The van der Waals surface area contributed by atoms with E-state index in [0.717, 1.165) is 33.3 Å². The molecule has 0 fully saturated rings. The molecule has 2 aromatic rings. The van der Waals surface area contributed by atoms with E-state index < -0.39 is 0 Å². The van der Waals surface area contributed by atoms with Crippen LogP contribution in [0.4, 0.5) is 0 Å². The molecular weight excluding hydrogens is 277 g/mol. The van der Waals surface area contributed by atoms with Crippen LogP contribution in [0.15, 0.2) is 42.5 Å². The number of benzene rings is 2. The number of hydrogen-bond donors (Lipinski definition) is 1. The van der Waals surface area contributed by atoms with Crippen molar-refractivity contribution in [2.45, 2.75) is 19.9 Å². The van der Waals surface area contributed by atoms with Gasteiger partial charge in [0, 0.05) is 10.0 Å². The van der Waals surface area contributed by atoms with Crippen LogP contribution in [-0.4, -0.2) is 6.54 Å². The predicted molar refractivity (Wildman–Crippen MR) is 83.2 cm³/mol.